The summed E-state index contributed by atoms with van der Waals surface area (Å²) in [5.41, 5.74) is 0. The van der Waals surface area contributed by atoms with Gasteiger partial charge in [0, 0.05) is 18.0 Å². The van der Waals surface area contributed by atoms with Gasteiger partial charge >= 0.3 is 0 Å². The van der Waals surface area contributed by atoms with Crippen LogP contribution in [0.2, 0.25) is 0 Å². The molecule has 0 amide bonds. The standard InChI is InChI=1S/C15H23N3O2S/c1-5-11-8-12-13(20-10(4)9-19-7-3)17-15(16-6-2)18-14(12)21-11/h8,10H,5-7,9H2,1-4H3,(H,16,17,18). The van der Waals surface area contributed by atoms with E-state index in [9.17, 15) is 0 Å². The van der Waals surface area contributed by atoms with Gasteiger partial charge in [-0.25, -0.2) is 4.98 Å². The maximum atomic E-state index is 5.97. The largest absolute Gasteiger partial charge is 0.472 e. The summed E-state index contributed by atoms with van der Waals surface area (Å²) in [4.78, 5) is 11.3. The van der Waals surface area contributed by atoms with Crippen LogP contribution in [0.5, 0.6) is 5.88 Å². The maximum absolute atomic E-state index is 5.97. The van der Waals surface area contributed by atoms with Crippen LogP contribution in [0.1, 0.15) is 32.6 Å². The van der Waals surface area contributed by atoms with E-state index in [0.29, 0.717) is 25.0 Å². The van der Waals surface area contributed by atoms with Gasteiger partial charge in [0.15, 0.2) is 0 Å². The molecule has 1 unspecified atom stereocenters. The molecule has 0 saturated heterocycles. The molecular weight excluding hydrogens is 286 g/mol. The fourth-order valence-electron chi connectivity index (χ4n) is 1.95. The summed E-state index contributed by atoms with van der Waals surface area (Å²) in [6, 6.07) is 2.12. The Morgan fingerprint density at radius 1 is 1.29 bits per heavy atom. The normalized spacial score (nSPS) is 12.6. The predicted octanol–water partition coefficient (Wildman–Crippen LogP) is 3.49. The van der Waals surface area contributed by atoms with Crippen molar-refractivity contribution in [2.24, 2.45) is 0 Å². The zero-order chi connectivity index (χ0) is 15.2. The molecule has 5 nitrogen and oxygen atoms in total. The number of nitrogens with one attached hydrogen (secondary N) is 1. The van der Waals surface area contributed by atoms with Crippen molar-refractivity contribution in [2.45, 2.75) is 40.2 Å². The van der Waals surface area contributed by atoms with E-state index in [-0.39, 0.29) is 6.10 Å². The molecule has 6 heteroatoms. The lowest BCUT2D eigenvalue weighted by atomic mass is 10.3. The van der Waals surface area contributed by atoms with Crippen LogP contribution >= 0.6 is 11.3 Å². The Bertz CT molecular complexity index is 586. The van der Waals surface area contributed by atoms with Gasteiger partial charge in [-0.3, -0.25) is 0 Å². The lowest BCUT2D eigenvalue weighted by Crippen LogP contribution is -2.20. The van der Waals surface area contributed by atoms with E-state index in [4.69, 9.17) is 9.47 Å². The summed E-state index contributed by atoms with van der Waals surface area (Å²) in [6.45, 7) is 10.2. The number of aromatic nitrogens is 2. The van der Waals surface area contributed by atoms with Crippen LogP contribution in [0, 0.1) is 0 Å². The SMILES string of the molecule is CCNc1nc(OC(C)COCC)c2cc(CC)sc2n1. The third-order valence-corrected chi connectivity index (χ3v) is 4.13. The predicted molar refractivity (Wildman–Crippen MR) is 87.5 cm³/mol. The molecular formula is C15H23N3O2S. The van der Waals surface area contributed by atoms with E-state index in [2.05, 4.69) is 28.3 Å². The van der Waals surface area contributed by atoms with Gasteiger partial charge in [0.2, 0.25) is 11.8 Å². The van der Waals surface area contributed by atoms with Crippen LogP contribution in [-0.2, 0) is 11.2 Å². The Balaban J connectivity index is 2.31. The number of thiophene rings is 1. The van der Waals surface area contributed by atoms with Crippen LogP contribution in [0.3, 0.4) is 0 Å². The van der Waals surface area contributed by atoms with Crippen LogP contribution < -0.4 is 10.1 Å². The number of nitrogens with zero attached hydrogens (tertiary/aromatic N) is 2. The average molecular weight is 309 g/mol. The molecule has 2 rings (SSSR count). The highest BCUT2D eigenvalue weighted by molar-refractivity contribution is 7.18. The first-order chi connectivity index (χ1) is 10.2. The monoisotopic (exact) mass is 309 g/mol. The second-order valence-electron chi connectivity index (χ2n) is 4.76. The summed E-state index contributed by atoms with van der Waals surface area (Å²) in [7, 11) is 0. The molecule has 0 aromatic carbocycles. The molecule has 0 aliphatic rings. The minimum Gasteiger partial charge on any atom is -0.472 e. The van der Waals surface area contributed by atoms with Gasteiger partial charge in [0.05, 0.1) is 12.0 Å². The average Bonchev–Trinajstić information content (AvgIpc) is 2.89. The quantitative estimate of drug-likeness (QED) is 0.809. The number of hydrogen-bond acceptors (Lipinski definition) is 6. The third kappa shape index (κ3) is 4.04. The number of ether oxygens (including phenoxy) is 2. The summed E-state index contributed by atoms with van der Waals surface area (Å²) in [5, 5.41) is 4.14. The lowest BCUT2D eigenvalue weighted by molar-refractivity contribution is 0.0643. The van der Waals surface area contributed by atoms with Gasteiger partial charge in [-0.2, -0.15) is 4.98 Å². The van der Waals surface area contributed by atoms with Crippen molar-refractivity contribution in [1.82, 2.24) is 9.97 Å². The van der Waals surface area contributed by atoms with Crippen LogP contribution in [0.15, 0.2) is 6.07 Å². The summed E-state index contributed by atoms with van der Waals surface area (Å²) in [6.07, 6.45) is 0.952. The molecule has 1 atom stereocenters. The second-order valence-corrected chi connectivity index (χ2v) is 5.87. The van der Waals surface area contributed by atoms with Crippen molar-refractivity contribution in [2.75, 3.05) is 25.1 Å². The van der Waals surface area contributed by atoms with Gasteiger partial charge < -0.3 is 14.8 Å². The number of fused-ring (bicyclic) bond motifs is 1. The van der Waals surface area contributed by atoms with Crippen molar-refractivity contribution in [1.29, 1.82) is 0 Å². The fraction of sp³-hybridized carbons (Fsp3) is 0.600. The molecule has 0 aliphatic heterocycles. The Morgan fingerprint density at radius 2 is 2.10 bits per heavy atom. The summed E-state index contributed by atoms with van der Waals surface area (Å²) < 4.78 is 11.4. The number of aryl methyl sites for hydroxylation is 1. The summed E-state index contributed by atoms with van der Waals surface area (Å²) in [5.74, 6) is 1.26. The Morgan fingerprint density at radius 3 is 2.76 bits per heavy atom. The van der Waals surface area contributed by atoms with Gasteiger partial charge in [0.1, 0.15) is 10.9 Å². The van der Waals surface area contributed by atoms with Crippen molar-refractivity contribution in [3.63, 3.8) is 0 Å². The van der Waals surface area contributed by atoms with Crippen molar-refractivity contribution in [3.05, 3.63) is 10.9 Å². The van der Waals surface area contributed by atoms with Gasteiger partial charge in [-0.1, -0.05) is 6.92 Å². The van der Waals surface area contributed by atoms with E-state index < -0.39 is 0 Å². The zero-order valence-corrected chi connectivity index (χ0v) is 13.9. The van der Waals surface area contributed by atoms with E-state index in [1.807, 2.05) is 20.8 Å². The molecule has 0 bridgehead atoms. The molecule has 1 N–H and O–H groups in total. The number of hydrogen-bond donors (Lipinski definition) is 1. The highest BCUT2D eigenvalue weighted by atomic mass is 32.1. The maximum Gasteiger partial charge on any atom is 0.227 e. The topological polar surface area (TPSA) is 56.3 Å². The highest BCUT2D eigenvalue weighted by Gasteiger charge is 2.14. The van der Waals surface area contributed by atoms with Crippen molar-refractivity contribution in [3.8, 4) is 5.88 Å². The second kappa shape index (κ2) is 7.56. The highest BCUT2D eigenvalue weighted by Crippen LogP contribution is 2.32. The first-order valence-electron chi connectivity index (χ1n) is 7.46. The minimum absolute atomic E-state index is 0.0393. The lowest BCUT2D eigenvalue weighted by Gasteiger charge is -2.15. The molecule has 0 spiro atoms. The third-order valence-electron chi connectivity index (χ3n) is 2.96. The Hall–Kier alpha value is -1.40. The molecule has 0 fully saturated rings. The molecule has 0 radical (unpaired) electrons. The number of rotatable bonds is 8. The molecule has 2 aromatic heterocycles. The number of anilines is 1. The van der Waals surface area contributed by atoms with E-state index in [1.165, 1.54) is 4.88 Å². The fourth-order valence-corrected chi connectivity index (χ4v) is 2.91. The first kappa shape index (κ1) is 16.0. The molecule has 2 heterocycles. The van der Waals surface area contributed by atoms with Crippen molar-refractivity contribution >= 4 is 27.5 Å². The molecule has 2 aromatic rings. The van der Waals surface area contributed by atoms with Gasteiger partial charge in [0.25, 0.3) is 0 Å². The first-order valence-corrected chi connectivity index (χ1v) is 8.28. The van der Waals surface area contributed by atoms with Crippen LogP contribution in [-0.4, -0.2) is 35.8 Å². The van der Waals surface area contributed by atoms with Crippen LogP contribution in [0.4, 0.5) is 5.95 Å². The Labute approximate surface area is 129 Å². The summed E-state index contributed by atoms with van der Waals surface area (Å²) >= 11 is 1.69. The van der Waals surface area contributed by atoms with Crippen molar-refractivity contribution < 1.29 is 9.47 Å². The van der Waals surface area contributed by atoms with Gasteiger partial charge in [-0.15, -0.1) is 11.3 Å². The molecule has 116 valence electrons. The molecule has 0 aliphatic carbocycles. The van der Waals surface area contributed by atoms with E-state index in [0.717, 1.165) is 23.2 Å². The minimum atomic E-state index is -0.0393. The van der Waals surface area contributed by atoms with Gasteiger partial charge in [-0.05, 0) is 33.3 Å². The molecule has 21 heavy (non-hydrogen) atoms. The smallest absolute Gasteiger partial charge is 0.227 e. The zero-order valence-electron chi connectivity index (χ0n) is 13.1. The van der Waals surface area contributed by atoms with E-state index in [1.54, 1.807) is 11.3 Å². The molecule has 0 saturated carbocycles. The Kier molecular flexibility index (Phi) is 5.76. The van der Waals surface area contributed by atoms with E-state index >= 15 is 0 Å². The van der Waals surface area contributed by atoms with Crippen LogP contribution in [0.25, 0.3) is 10.2 Å².